The third-order valence-corrected chi connectivity index (χ3v) is 2.59. The lowest BCUT2D eigenvalue weighted by Gasteiger charge is -2.24. The van der Waals surface area contributed by atoms with E-state index >= 15 is 0 Å². The monoisotopic (exact) mass is 186 g/mol. The van der Waals surface area contributed by atoms with E-state index in [9.17, 15) is 9.90 Å². The van der Waals surface area contributed by atoms with Gasteiger partial charge in [-0.25, -0.2) is 0 Å². The van der Waals surface area contributed by atoms with E-state index < -0.39 is 5.41 Å². The molecule has 2 heteroatoms. The maximum atomic E-state index is 10.9. The highest BCUT2D eigenvalue weighted by molar-refractivity contribution is 5.59. The Hall–Kier alpha value is -0.370. The second kappa shape index (κ2) is 7.07. The molecule has 0 rings (SSSR count). The van der Waals surface area contributed by atoms with Crippen LogP contribution in [0.15, 0.2) is 0 Å². The third-order valence-electron chi connectivity index (χ3n) is 2.59. The Labute approximate surface area is 81.3 Å². The van der Waals surface area contributed by atoms with Crippen molar-refractivity contribution in [3.63, 3.8) is 0 Å². The fourth-order valence-electron chi connectivity index (χ4n) is 1.66. The Morgan fingerprint density at radius 3 is 2.23 bits per heavy atom. The molecule has 1 atom stereocenters. The van der Waals surface area contributed by atoms with Gasteiger partial charge in [-0.3, -0.25) is 0 Å². The van der Waals surface area contributed by atoms with Crippen molar-refractivity contribution in [1.29, 1.82) is 0 Å². The molecule has 0 fully saturated rings. The molecule has 0 saturated carbocycles. The number of rotatable bonds is 8. The average molecular weight is 186 g/mol. The molecule has 0 aliphatic heterocycles. The van der Waals surface area contributed by atoms with Crippen LogP contribution in [0.1, 0.15) is 52.4 Å². The van der Waals surface area contributed by atoms with E-state index in [-0.39, 0.29) is 6.61 Å². The standard InChI is InChI=1S/C11H22O2/c1-3-5-6-8-11(9-12,10-13)7-4-2/h9,13H,3-8,10H2,1-2H3. The summed E-state index contributed by atoms with van der Waals surface area (Å²) in [6, 6.07) is 0. The Balaban J connectivity index is 3.96. The van der Waals surface area contributed by atoms with Crippen LogP contribution in [0.2, 0.25) is 0 Å². The molecule has 0 spiro atoms. The van der Waals surface area contributed by atoms with Crippen molar-refractivity contribution >= 4 is 6.29 Å². The normalized spacial score (nSPS) is 15.3. The Morgan fingerprint density at radius 1 is 1.15 bits per heavy atom. The first-order chi connectivity index (χ1) is 6.24. The maximum absolute atomic E-state index is 10.9. The topological polar surface area (TPSA) is 37.3 Å². The zero-order chi connectivity index (χ0) is 10.2. The molecular formula is C11H22O2. The highest BCUT2D eigenvalue weighted by Crippen LogP contribution is 2.27. The number of hydrogen-bond donors (Lipinski definition) is 1. The lowest BCUT2D eigenvalue weighted by atomic mass is 9.81. The highest BCUT2D eigenvalue weighted by Gasteiger charge is 2.26. The van der Waals surface area contributed by atoms with Crippen molar-refractivity contribution in [2.45, 2.75) is 52.4 Å². The van der Waals surface area contributed by atoms with E-state index in [1.54, 1.807) is 0 Å². The van der Waals surface area contributed by atoms with Crippen LogP contribution >= 0.6 is 0 Å². The first-order valence-electron chi connectivity index (χ1n) is 5.32. The fourth-order valence-corrected chi connectivity index (χ4v) is 1.66. The second-order valence-corrected chi connectivity index (χ2v) is 3.85. The molecule has 0 aliphatic carbocycles. The van der Waals surface area contributed by atoms with Gasteiger partial charge < -0.3 is 9.90 Å². The van der Waals surface area contributed by atoms with Gasteiger partial charge in [0.25, 0.3) is 0 Å². The van der Waals surface area contributed by atoms with Crippen LogP contribution in [0.25, 0.3) is 0 Å². The summed E-state index contributed by atoms with van der Waals surface area (Å²) in [6.45, 7) is 4.20. The molecule has 0 aliphatic rings. The number of aliphatic hydroxyl groups is 1. The van der Waals surface area contributed by atoms with Gasteiger partial charge in [-0.15, -0.1) is 0 Å². The molecule has 2 nitrogen and oxygen atoms in total. The van der Waals surface area contributed by atoms with Crippen LogP contribution in [0.4, 0.5) is 0 Å². The molecule has 0 heterocycles. The SMILES string of the molecule is CCCCCC(C=O)(CO)CCC. The van der Waals surface area contributed by atoms with Crippen molar-refractivity contribution in [3.8, 4) is 0 Å². The average Bonchev–Trinajstić information content (AvgIpc) is 2.17. The van der Waals surface area contributed by atoms with E-state index in [2.05, 4.69) is 6.92 Å². The number of aliphatic hydroxyl groups excluding tert-OH is 1. The van der Waals surface area contributed by atoms with Crippen molar-refractivity contribution in [3.05, 3.63) is 0 Å². The van der Waals surface area contributed by atoms with Gasteiger partial charge in [-0.2, -0.15) is 0 Å². The minimum absolute atomic E-state index is 0.00799. The first kappa shape index (κ1) is 12.6. The predicted molar refractivity (Wildman–Crippen MR) is 54.6 cm³/mol. The lowest BCUT2D eigenvalue weighted by Crippen LogP contribution is -2.27. The summed E-state index contributed by atoms with van der Waals surface area (Å²) in [5, 5.41) is 9.18. The van der Waals surface area contributed by atoms with Crippen LogP contribution in [0, 0.1) is 5.41 Å². The molecule has 0 aromatic heterocycles. The van der Waals surface area contributed by atoms with Crippen molar-refractivity contribution in [2.75, 3.05) is 6.61 Å². The molecule has 0 aromatic carbocycles. The molecule has 78 valence electrons. The van der Waals surface area contributed by atoms with E-state index in [0.29, 0.717) is 0 Å². The summed E-state index contributed by atoms with van der Waals surface area (Å²) in [5.41, 5.74) is -0.441. The summed E-state index contributed by atoms with van der Waals surface area (Å²) in [6.07, 6.45) is 6.94. The highest BCUT2D eigenvalue weighted by atomic mass is 16.3. The van der Waals surface area contributed by atoms with E-state index in [0.717, 1.165) is 44.8 Å². The van der Waals surface area contributed by atoms with Gasteiger partial charge in [-0.05, 0) is 12.8 Å². The van der Waals surface area contributed by atoms with E-state index in [1.807, 2.05) is 6.92 Å². The number of carbonyl (C=O) groups is 1. The molecule has 0 aromatic rings. The minimum Gasteiger partial charge on any atom is -0.395 e. The third kappa shape index (κ3) is 4.41. The van der Waals surface area contributed by atoms with Gasteiger partial charge in [-0.1, -0.05) is 39.5 Å². The van der Waals surface area contributed by atoms with Crippen molar-refractivity contribution in [2.24, 2.45) is 5.41 Å². The first-order valence-corrected chi connectivity index (χ1v) is 5.32. The lowest BCUT2D eigenvalue weighted by molar-refractivity contribution is -0.119. The fraction of sp³-hybridized carbons (Fsp3) is 0.909. The number of aldehydes is 1. The smallest absolute Gasteiger partial charge is 0.128 e. The molecular weight excluding hydrogens is 164 g/mol. The molecule has 0 amide bonds. The van der Waals surface area contributed by atoms with E-state index in [1.165, 1.54) is 0 Å². The Bertz CT molecular complexity index is 134. The molecule has 1 N–H and O–H groups in total. The van der Waals surface area contributed by atoms with Gasteiger partial charge in [0.15, 0.2) is 0 Å². The quantitative estimate of drug-likeness (QED) is 0.467. The number of hydrogen-bond acceptors (Lipinski definition) is 2. The molecule has 13 heavy (non-hydrogen) atoms. The van der Waals surface area contributed by atoms with Gasteiger partial charge in [0, 0.05) is 5.41 Å². The van der Waals surface area contributed by atoms with Crippen LogP contribution in [0.3, 0.4) is 0 Å². The van der Waals surface area contributed by atoms with Crippen molar-refractivity contribution in [1.82, 2.24) is 0 Å². The van der Waals surface area contributed by atoms with Crippen LogP contribution in [-0.2, 0) is 4.79 Å². The summed E-state index contributed by atoms with van der Waals surface area (Å²) < 4.78 is 0. The van der Waals surface area contributed by atoms with Crippen LogP contribution < -0.4 is 0 Å². The summed E-state index contributed by atoms with van der Waals surface area (Å²) in [4.78, 5) is 10.9. The van der Waals surface area contributed by atoms with Crippen molar-refractivity contribution < 1.29 is 9.90 Å². The molecule has 1 unspecified atom stereocenters. The summed E-state index contributed by atoms with van der Waals surface area (Å²) >= 11 is 0. The maximum Gasteiger partial charge on any atom is 0.128 e. The number of unbranched alkanes of at least 4 members (excludes halogenated alkanes) is 2. The minimum atomic E-state index is -0.441. The predicted octanol–water partition coefficient (Wildman–Crippen LogP) is 2.54. The number of carbonyl (C=O) groups excluding carboxylic acids is 1. The summed E-state index contributed by atoms with van der Waals surface area (Å²) in [7, 11) is 0. The molecule has 0 saturated heterocycles. The van der Waals surface area contributed by atoms with Gasteiger partial charge in [0.1, 0.15) is 6.29 Å². The summed E-state index contributed by atoms with van der Waals surface area (Å²) in [5.74, 6) is 0. The van der Waals surface area contributed by atoms with Gasteiger partial charge >= 0.3 is 0 Å². The second-order valence-electron chi connectivity index (χ2n) is 3.85. The van der Waals surface area contributed by atoms with Crippen LogP contribution in [0.5, 0.6) is 0 Å². The molecule has 0 radical (unpaired) electrons. The zero-order valence-electron chi connectivity index (χ0n) is 8.88. The zero-order valence-corrected chi connectivity index (χ0v) is 8.88. The Kier molecular flexibility index (Phi) is 6.87. The molecule has 0 bridgehead atoms. The van der Waals surface area contributed by atoms with Gasteiger partial charge in [0.2, 0.25) is 0 Å². The Morgan fingerprint density at radius 2 is 1.85 bits per heavy atom. The van der Waals surface area contributed by atoms with E-state index in [4.69, 9.17) is 0 Å². The van der Waals surface area contributed by atoms with Crippen LogP contribution in [-0.4, -0.2) is 18.0 Å². The largest absolute Gasteiger partial charge is 0.395 e. The van der Waals surface area contributed by atoms with Gasteiger partial charge in [0.05, 0.1) is 6.61 Å².